The summed E-state index contributed by atoms with van der Waals surface area (Å²) in [5, 5.41) is 13.9. The van der Waals surface area contributed by atoms with E-state index in [2.05, 4.69) is 5.10 Å². The van der Waals surface area contributed by atoms with Gasteiger partial charge in [0.05, 0.1) is 0 Å². The third kappa shape index (κ3) is 3.87. The summed E-state index contributed by atoms with van der Waals surface area (Å²) < 4.78 is 45.0. The number of aliphatic hydroxyl groups is 1. The van der Waals surface area contributed by atoms with Crippen LogP contribution in [0, 0.1) is 5.92 Å². The smallest absolute Gasteiger partial charge is 0.438 e. The molecule has 1 atom stereocenters. The van der Waals surface area contributed by atoms with E-state index in [4.69, 9.17) is 4.74 Å². The molecule has 2 rings (SSSR count). The molecule has 132 valence electrons. The van der Waals surface area contributed by atoms with Crippen molar-refractivity contribution in [2.24, 2.45) is 11.0 Å². The molecule has 1 amide bonds. The molecule has 1 aromatic carbocycles. The lowest BCUT2D eigenvalue weighted by Gasteiger charge is -2.32. The summed E-state index contributed by atoms with van der Waals surface area (Å²) in [7, 11) is 0. The molecular weight excluding hydrogens is 325 g/mol. The first-order valence-electron chi connectivity index (χ1n) is 7.50. The Bertz CT molecular complexity index is 617. The molecule has 0 radical (unpaired) electrons. The van der Waals surface area contributed by atoms with Crippen molar-refractivity contribution in [2.45, 2.75) is 38.6 Å². The summed E-state index contributed by atoms with van der Waals surface area (Å²) in [5.74, 6) is -0.665. The summed E-state index contributed by atoms with van der Waals surface area (Å²) in [6.07, 6.45) is -5.49. The van der Waals surface area contributed by atoms with Crippen molar-refractivity contribution in [2.75, 3.05) is 6.61 Å². The summed E-state index contributed by atoms with van der Waals surface area (Å²) in [5.41, 5.74) is -3.19. The first-order chi connectivity index (χ1) is 11.1. The summed E-state index contributed by atoms with van der Waals surface area (Å²) in [4.78, 5) is 12.1. The zero-order valence-electron chi connectivity index (χ0n) is 13.4. The molecule has 1 heterocycles. The second-order valence-corrected chi connectivity index (χ2v) is 6.06. The predicted molar refractivity (Wildman–Crippen MR) is 81.3 cm³/mol. The largest absolute Gasteiger partial charge is 0.484 e. The van der Waals surface area contributed by atoms with Gasteiger partial charge in [0.1, 0.15) is 5.75 Å². The fraction of sp³-hybridized carbons (Fsp3) is 0.500. The van der Waals surface area contributed by atoms with Gasteiger partial charge in [-0.1, -0.05) is 32.0 Å². The number of halogens is 3. The second kappa shape index (κ2) is 6.80. The Labute approximate surface area is 137 Å². The number of amides is 1. The SMILES string of the molecule is CC(C)CC1=NN(C(=O)COc2ccccc2)C(O)(C(F)(F)F)C1. The lowest BCUT2D eigenvalue weighted by molar-refractivity contribution is -0.302. The van der Waals surface area contributed by atoms with Gasteiger partial charge in [-0.25, -0.2) is 0 Å². The third-order valence-electron chi connectivity index (χ3n) is 3.48. The van der Waals surface area contributed by atoms with Crippen LogP contribution in [0.15, 0.2) is 35.4 Å². The van der Waals surface area contributed by atoms with E-state index in [9.17, 15) is 23.1 Å². The molecule has 8 heteroatoms. The maximum absolute atomic E-state index is 13.3. The number of rotatable bonds is 5. The highest BCUT2D eigenvalue weighted by Gasteiger charge is 2.63. The minimum Gasteiger partial charge on any atom is -0.484 e. The molecule has 0 aromatic heterocycles. The molecule has 0 fully saturated rings. The number of ether oxygens (including phenoxy) is 1. The molecule has 1 aliphatic rings. The lowest BCUT2D eigenvalue weighted by Crippen LogP contribution is -2.57. The number of hydrazone groups is 1. The van der Waals surface area contributed by atoms with Crippen LogP contribution in [-0.4, -0.2) is 40.2 Å². The number of para-hydroxylation sites is 1. The third-order valence-corrected chi connectivity index (χ3v) is 3.48. The van der Waals surface area contributed by atoms with E-state index in [1.165, 1.54) is 0 Å². The topological polar surface area (TPSA) is 62.1 Å². The molecule has 0 saturated heterocycles. The Morgan fingerprint density at radius 3 is 2.54 bits per heavy atom. The Morgan fingerprint density at radius 1 is 1.38 bits per heavy atom. The Hall–Kier alpha value is -2.09. The quantitative estimate of drug-likeness (QED) is 0.893. The monoisotopic (exact) mass is 344 g/mol. The zero-order chi connectivity index (χ0) is 18.0. The zero-order valence-corrected chi connectivity index (χ0v) is 13.4. The lowest BCUT2D eigenvalue weighted by atomic mass is 9.99. The van der Waals surface area contributed by atoms with Crippen LogP contribution in [-0.2, 0) is 4.79 Å². The van der Waals surface area contributed by atoms with E-state index in [1.807, 2.05) is 13.8 Å². The Balaban J connectivity index is 2.15. The molecule has 1 aromatic rings. The Kier molecular flexibility index (Phi) is 5.17. The van der Waals surface area contributed by atoms with Crippen LogP contribution in [0.4, 0.5) is 13.2 Å². The van der Waals surface area contributed by atoms with Gasteiger partial charge in [0, 0.05) is 12.1 Å². The van der Waals surface area contributed by atoms with Gasteiger partial charge in [-0.3, -0.25) is 4.79 Å². The molecule has 0 spiro atoms. The van der Waals surface area contributed by atoms with Crippen molar-refractivity contribution in [1.82, 2.24) is 5.01 Å². The minimum absolute atomic E-state index is 0.0526. The highest BCUT2D eigenvalue weighted by Crippen LogP contribution is 2.41. The summed E-state index contributed by atoms with van der Waals surface area (Å²) in [6.45, 7) is 2.98. The van der Waals surface area contributed by atoms with E-state index in [1.54, 1.807) is 30.3 Å². The minimum atomic E-state index is -5.02. The van der Waals surface area contributed by atoms with Crippen molar-refractivity contribution < 1.29 is 27.8 Å². The van der Waals surface area contributed by atoms with Gasteiger partial charge in [0.25, 0.3) is 11.6 Å². The molecule has 0 aliphatic carbocycles. The molecule has 24 heavy (non-hydrogen) atoms. The van der Waals surface area contributed by atoms with Crippen LogP contribution in [0.5, 0.6) is 5.75 Å². The van der Waals surface area contributed by atoms with E-state index in [0.29, 0.717) is 5.75 Å². The first-order valence-corrected chi connectivity index (χ1v) is 7.50. The van der Waals surface area contributed by atoms with Gasteiger partial charge in [0.15, 0.2) is 6.61 Å². The van der Waals surface area contributed by atoms with Crippen LogP contribution in [0.25, 0.3) is 0 Å². The molecule has 1 unspecified atom stereocenters. The number of hydrogen-bond donors (Lipinski definition) is 1. The normalized spacial score (nSPS) is 21.1. The number of hydrogen-bond acceptors (Lipinski definition) is 4. The summed E-state index contributed by atoms with van der Waals surface area (Å²) in [6, 6.07) is 8.21. The van der Waals surface area contributed by atoms with Crippen LogP contribution in [0.3, 0.4) is 0 Å². The average Bonchev–Trinajstić information content (AvgIpc) is 2.83. The van der Waals surface area contributed by atoms with Crippen LogP contribution in [0.2, 0.25) is 0 Å². The maximum Gasteiger partial charge on any atom is 0.438 e. The highest BCUT2D eigenvalue weighted by molar-refractivity contribution is 5.91. The van der Waals surface area contributed by atoms with Crippen molar-refractivity contribution >= 4 is 11.6 Å². The van der Waals surface area contributed by atoms with Crippen molar-refractivity contribution in [3.8, 4) is 5.75 Å². The van der Waals surface area contributed by atoms with Crippen molar-refractivity contribution in [3.63, 3.8) is 0 Å². The van der Waals surface area contributed by atoms with Crippen LogP contribution < -0.4 is 4.74 Å². The predicted octanol–water partition coefficient (Wildman–Crippen LogP) is 2.95. The second-order valence-electron chi connectivity index (χ2n) is 6.06. The number of nitrogens with zero attached hydrogens (tertiary/aromatic N) is 2. The van der Waals surface area contributed by atoms with Gasteiger partial charge in [-0.2, -0.15) is 23.3 Å². The maximum atomic E-state index is 13.3. The van der Waals surface area contributed by atoms with Gasteiger partial charge >= 0.3 is 6.18 Å². The summed E-state index contributed by atoms with van der Waals surface area (Å²) >= 11 is 0. The van der Waals surface area contributed by atoms with Crippen molar-refractivity contribution in [3.05, 3.63) is 30.3 Å². The first kappa shape index (κ1) is 18.3. The van der Waals surface area contributed by atoms with Crippen molar-refractivity contribution in [1.29, 1.82) is 0 Å². The standard InChI is InChI=1S/C16H19F3N2O3/c1-11(2)8-12-9-15(23,16(17,18)19)21(20-12)14(22)10-24-13-6-4-3-5-7-13/h3-7,11,23H,8-10H2,1-2H3. The van der Waals surface area contributed by atoms with E-state index >= 15 is 0 Å². The molecular formula is C16H19F3N2O3. The van der Waals surface area contributed by atoms with Gasteiger partial charge in [-0.05, 0) is 24.5 Å². The van der Waals surface area contributed by atoms with Gasteiger partial charge in [0.2, 0.25) is 0 Å². The molecule has 0 saturated carbocycles. The van der Waals surface area contributed by atoms with Gasteiger partial charge < -0.3 is 9.84 Å². The van der Waals surface area contributed by atoms with Crippen LogP contribution in [0.1, 0.15) is 26.7 Å². The fourth-order valence-electron chi connectivity index (χ4n) is 2.41. The van der Waals surface area contributed by atoms with E-state index in [-0.39, 0.29) is 23.1 Å². The average molecular weight is 344 g/mol. The molecule has 1 aliphatic heterocycles. The fourth-order valence-corrected chi connectivity index (χ4v) is 2.41. The van der Waals surface area contributed by atoms with E-state index < -0.39 is 30.8 Å². The van der Waals surface area contributed by atoms with E-state index in [0.717, 1.165) is 0 Å². The number of benzene rings is 1. The highest BCUT2D eigenvalue weighted by atomic mass is 19.4. The molecule has 5 nitrogen and oxygen atoms in total. The van der Waals surface area contributed by atoms with Gasteiger partial charge in [-0.15, -0.1) is 0 Å². The molecule has 0 bridgehead atoms. The van der Waals surface area contributed by atoms with Crippen LogP contribution >= 0.6 is 0 Å². The number of alkyl halides is 3. The Morgan fingerprint density at radius 2 is 2.00 bits per heavy atom. The number of carbonyl (C=O) groups is 1. The number of carbonyl (C=O) groups excluding carboxylic acids is 1. The molecule has 1 N–H and O–H groups in total.